The summed E-state index contributed by atoms with van der Waals surface area (Å²) in [6.45, 7) is 6.40. The smallest absolute Gasteiger partial charge is 0.155 e. The molecule has 0 spiro atoms. The molecule has 0 saturated carbocycles. The maximum absolute atomic E-state index is 6.09. The van der Waals surface area contributed by atoms with Crippen molar-refractivity contribution in [2.24, 2.45) is 5.92 Å². The largest absolute Gasteiger partial charge is 0.368 e. The number of hydrogen-bond donors (Lipinski definition) is 2. The van der Waals surface area contributed by atoms with Crippen LogP contribution in [0.15, 0.2) is 36.5 Å². The average molecular weight is 356 g/mol. The van der Waals surface area contributed by atoms with Crippen molar-refractivity contribution in [1.29, 1.82) is 0 Å². The van der Waals surface area contributed by atoms with Gasteiger partial charge in [-0.1, -0.05) is 42.8 Å². The van der Waals surface area contributed by atoms with E-state index in [1.165, 1.54) is 11.1 Å². The Bertz CT molecular complexity index is 875. The lowest BCUT2D eigenvalue weighted by Crippen LogP contribution is -2.35. The number of rotatable bonds is 5. The predicted molar refractivity (Wildman–Crippen MR) is 102 cm³/mol. The lowest BCUT2D eigenvalue weighted by atomic mass is 9.99. The van der Waals surface area contributed by atoms with E-state index >= 15 is 0 Å². The Morgan fingerprint density at radius 1 is 1.28 bits per heavy atom. The Morgan fingerprint density at radius 3 is 3.00 bits per heavy atom. The number of nitrogens with one attached hydrogen (secondary N) is 2. The highest BCUT2D eigenvalue weighted by Crippen LogP contribution is 2.25. The summed E-state index contributed by atoms with van der Waals surface area (Å²) in [4.78, 5) is 6.61. The fourth-order valence-electron chi connectivity index (χ4n) is 3.53. The van der Waals surface area contributed by atoms with Crippen LogP contribution in [0.2, 0.25) is 5.15 Å². The topological polar surface area (TPSA) is 56.8 Å². The first kappa shape index (κ1) is 16.4. The van der Waals surface area contributed by atoms with E-state index < -0.39 is 0 Å². The number of fused-ring (bicyclic) bond motifs is 2. The maximum atomic E-state index is 6.09. The SMILES string of the molecule is CC(CNc1n[nH]c2c(Cl)nccc12)CN1CCc2ccccc2C1. The van der Waals surface area contributed by atoms with Crippen LogP contribution in [0.3, 0.4) is 0 Å². The first-order chi connectivity index (χ1) is 12.2. The van der Waals surface area contributed by atoms with Gasteiger partial charge in [-0.15, -0.1) is 0 Å². The van der Waals surface area contributed by atoms with E-state index in [1.807, 2.05) is 6.07 Å². The van der Waals surface area contributed by atoms with E-state index in [4.69, 9.17) is 11.6 Å². The molecule has 25 heavy (non-hydrogen) atoms. The molecule has 3 heterocycles. The molecule has 1 unspecified atom stereocenters. The number of pyridine rings is 1. The zero-order valence-electron chi connectivity index (χ0n) is 14.3. The molecule has 1 aromatic carbocycles. The van der Waals surface area contributed by atoms with E-state index in [9.17, 15) is 0 Å². The summed E-state index contributed by atoms with van der Waals surface area (Å²) in [5.41, 5.74) is 3.75. The minimum atomic E-state index is 0.457. The van der Waals surface area contributed by atoms with E-state index in [2.05, 4.69) is 56.6 Å². The van der Waals surface area contributed by atoms with Crippen LogP contribution in [0.1, 0.15) is 18.1 Å². The summed E-state index contributed by atoms with van der Waals surface area (Å²) in [7, 11) is 0. The Kier molecular flexibility index (Phi) is 4.59. The van der Waals surface area contributed by atoms with Crippen LogP contribution >= 0.6 is 11.6 Å². The zero-order chi connectivity index (χ0) is 17.2. The maximum Gasteiger partial charge on any atom is 0.155 e. The summed E-state index contributed by atoms with van der Waals surface area (Å²) in [6.07, 6.45) is 2.85. The minimum Gasteiger partial charge on any atom is -0.368 e. The molecule has 0 amide bonds. The molecule has 0 aliphatic carbocycles. The van der Waals surface area contributed by atoms with Gasteiger partial charge in [0.1, 0.15) is 5.52 Å². The Morgan fingerprint density at radius 2 is 2.12 bits per heavy atom. The standard InChI is InChI=1S/C19H22ClN5/c1-13(11-25-9-7-14-4-2-3-5-15(14)12-25)10-22-19-16-6-8-21-18(20)17(16)23-24-19/h2-6,8,13H,7,9-12H2,1H3,(H2,22,23,24). The van der Waals surface area contributed by atoms with Crippen molar-refractivity contribution >= 4 is 28.3 Å². The number of benzene rings is 1. The molecule has 2 N–H and O–H groups in total. The summed E-state index contributed by atoms with van der Waals surface area (Å²) in [6, 6.07) is 10.7. The highest BCUT2D eigenvalue weighted by molar-refractivity contribution is 6.34. The van der Waals surface area contributed by atoms with E-state index in [0.717, 1.165) is 49.3 Å². The van der Waals surface area contributed by atoms with Gasteiger partial charge in [-0.05, 0) is 29.5 Å². The molecule has 6 heteroatoms. The van der Waals surface area contributed by atoms with Gasteiger partial charge in [0.25, 0.3) is 0 Å². The van der Waals surface area contributed by atoms with E-state index in [1.54, 1.807) is 6.20 Å². The summed E-state index contributed by atoms with van der Waals surface area (Å²) >= 11 is 6.09. The van der Waals surface area contributed by atoms with Crippen molar-refractivity contribution in [3.63, 3.8) is 0 Å². The third-order valence-corrected chi connectivity index (χ3v) is 5.12. The molecule has 0 fully saturated rings. The molecule has 130 valence electrons. The highest BCUT2D eigenvalue weighted by Gasteiger charge is 2.18. The molecule has 1 aliphatic heterocycles. The lowest BCUT2D eigenvalue weighted by molar-refractivity contribution is 0.224. The molecule has 3 aromatic rings. The predicted octanol–water partition coefficient (Wildman–Crippen LogP) is 3.72. The number of aromatic amines is 1. The average Bonchev–Trinajstić information content (AvgIpc) is 3.04. The van der Waals surface area contributed by atoms with Crippen molar-refractivity contribution in [1.82, 2.24) is 20.1 Å². The quantitative estimate of drug-likeness (QED) is 0.685. The van der Waals surface area contributed by atoms with Gasteiger partial charge in [0.05, 0.1) is 0 Å². The van der Waals surface area contributed by atoms with E-state index in [0.29, 0.717) is 11.1 Å². The number of nitrogens with zero attached hydrogens (tertiary/aromatic N) is 3. The van der Waals surface area contributed by atoms with Crippen LogP contribution in [0, 0.1) is 5.92 Å². The lowest BCUT2D eigenvalue weighted by Gasteiger charge is -2.30. The monoisotopic (exact) mass is 355 g/mol. The number of aromatic nitrogens is 3. The summed E-state index contributed by atoms with van der Waals surface area (Å²) in [5.74, 6) is 1.37. The van der Waals surface area contributed by atoms with Crippen molar-refractivity contribution in [2.75, 3.05) is 25.0 Å². The van der Waals surface area contributed by atoms with E-state index in [-0.39, 0.29) is 0 Å². The molecule has 0 bridgehead atoms. The van der Waals surface area contributed by atoms with Gasteiger partial charge in [-0.2, -0.15) is 5.10 Å². The van der Waals surface area contributed by atoms with Crippen molar-refractivity contribution in [2.45, 2.75) is 19.9 Å². The number of halogens is 1. The first-order valence-corrected chi connectivity index (χ1v) is 9.10. The van der Waals surface area contributed by atoms with Gasteiger partial charge >= 0.3 is 0 Å². The summed E-state index contributed by atoms with van der Waals surface area (Å²) < 4.78 is 0. The molecule has 1 aliphatic rings. The van der Waals surface area contributed by atoms with Crippen LogP contribution < -0.4 is 5.32 Å². The third-order valence-electron chi connectivity index (χ3n) is 4.84. The van der Waals surface area contributed by atoms with Crippen LogP contribution in [0.25, 0.3) is 10.9 Å². The number of anilines is 1. The van der Waals surface area contributed by atoms with Crippen molar-refractivity contribution in [3.8, 4) is 0 Å². The third kappa shape index (κ3) is 3.48. The number of hydrogen-bond acceptors (Lipinski definition) is 4. The molecule has 1 atom stereocenters. The van der Waals surface area contributed by atoms with Crippen LogP contribution in [-0.4, -0.2) is 39.7 Å². The van der Waals surface area contributed by atoms with Gasteiger partial charge in [0.15, 0.2) is 11.0 Å². The second kappa shape index (κ2) is 7.02. The van der Waals surface area contributed by atoms with Gasteiger partial charge in [0, 0.05) is 37.8 Å². The molecular formula is C19H22ClN5. The molecule has 4 rings (SSSR count). The van der Waals surface area contributed by atoms with Gasteiger partial charge in [-0.3, -0.25) is 10.00 Å². The molecular weight excluding hydrogens is 334 g/mol. The number of H-pyrrole nitrogens is 1. The van der Waals surface area contributed by atoms with Gasteiger partial charge in [0.2, 0.25) is 0 Å². The normalized spacial score (nSPS) is 15.9. The zero-order valence-corrected chi connectivity index (χ0v) is 15.1. The van der Waals surface area contributed by atoms with Crippen molar-refractivity contribution < 1.29 is 0 Å². The molecule has 0 saturated heterocycles. The molecule has 5 nitrogen and oxygen atoms in total. The van der Waals surface area contributed by atoms with Crippen LogP contribution in [0.5, 0.6) is 0 Å². The minimum absolute atomic E-state index is 0.457. The van der Waals surface area contributed by atoms with Gasteiger partial charge in [-0.25, -0.2) is 4.98 Å². The molecule has 0 radical (unpaired) electrons. The van der Waals surface area contributed by atoms with Crippen molar-refractivity contribution in [3.05, 3.63) is 52.8 Å². The molecule has 2 aromatic heterocycles. The fraction of sp³-hybridized carbons (Fsp3) is 0.368. The fourth-order valence-corrected chi connectivity index (χ4v) is 3.73. The Balaban J connectivity index is 1.35. The van der Waals surface area contributed by atoms with Crippen LogP contribution in [-0.2, 0) is 13.0 Å². The van der Waals surface area contributed by atoms with Gasteiger partial charge < -0.3 is 5.32 Å². The Labute approximate surface area is 152 Å². The second-order valence-corrected chi connectivity index (χ2v) is 7.19. The second-order valence-electron chi connectivity index (χ2n) is 6.84. The Hall–Kier alpha value is -2.11. The van der Waals surface area contributed by atoms with Crippen LogP contribution in [0.4, 0.5) is 5.82 Å². The first-order valence-electron chi connectivity index (χ1n) is 8.72. The summed E-state index contributed by atoms with van der Waals surface area (Å²) in [5, 5.41) is 12.2. The highest BCUT2D eigenvalue weighted by atomic mass is 35.5.